The second-order valence-electron chi connectivity index (χ2n) is 2.71. The van der Waals surface area contributed by atoms with Crippen LogP contribution < -0.4 is 5.73 Å². The molecule has 0 saturated carbocycles. The fourth-order valence-corrected chi connectivity index (χ4v) is 1.02. The maximum Gasteiger partial charge on any atom is 0.409 e. The summed E-state index contributed by atoms with van der Waals surface area (Å²) in [6, 6.07) is 0. The maximum absolute atomic E-state index is 10.8. The van der Waals surface area contributed by atoms with Gasteiger partial charge in [-0.05, 0) is 0 Å². The first-order chi connectivity index (χ1) is 6.97. The highest BCUT2D eigenvalue weighted by Crippen LogP contribution is 2.24. The minimum absolute atomic E-state index is 0.603. The Morgan fingerprint density at radius 3 is 2.73 bits per heavy atom. The van der Waals surface area contributed by atoms with E-state index in [-0.39, 0.29) is 0 Å². The second-order valence-corrected chi connectivity index (χ2v) is 2.71. The molecule has 15 heavy (non-hydrogen) atoms. The lowest BCUT2D eigenvalue weighted by atomic mass is 10.2. The summed E-state index contributed by atoms with van der Waals surface area (Å²) >= 11 is 0. The number of aliphatic hydroxyl groups is 3. The van der Waals surface area contributed by atoms with Gasteiger partial charge in [-0.15, -0.1) is 0 Å². The van der Waals surface area contributed by atoms with Gasteiger partial charge in [0, 0.05) is 0 Å². The first-order valence-electron chi connectivity index (χ1n) is 3.87. The van der Waals surface area contributed by atoms with Crippen molar-refractivity contribution in [3.8, 4) is 0 Å². The highest BCUT2D eigenvalue weighted by molar-refractivity contribution is 5.89. The van der Waals surface area contributed by atoms with Crippen LogP contribution >= 0.6 is 0 Å². The Morgan fingerprint density at radius 1 is 1.67 bits per heavy atom. The number of aliphatic hydroxyl groups excluding tert-OH is 3. The summed E-state index contributed by atoms with van der Waals surface area (Å²) in [4.78, 5) is 21.2. The number of rotatable bonds is 3. The van der Waals surface area contributed by atoms with Crippen molar-refractivity contribution in [1.82, 2.24) is 0 Å². The minimum atomic E-state index is -1.51. The molecule has 0 radical (unpaired) electrons. The van der Waals surface area contributed by atoms with Crippen LogP contribution in [-0.2, 0) is 14.3 Å². The van der Waals surface area contributed by atoms with E-state index in [0.29, 0.717) is 0 Å². The van der Waals surface area contributed by atoms with E-state index in [2.05, 4.69) is 15.2 Å². The van der Waals surface area contributed by atoms with Crippen molar-refractivity contribution in [2.24, 2.45) is 5.73 Å². The van der Waals surface area contributed by atoms with Gasteiger partial charge < -0.3 is 30.5 Å². The molecule has 1 amide bonds. The highest BCUT2D eigenvalue weighted by atomic mass is 16.6. The molecule has 0 bridgehead atoms. The number of amides is 1. The Balaban J connectivity index is 2.92. The van der Waals surface area contributed by atoms with Gasteiger partial charge in [-0.2, -0.15) is 0 Å². The van der Waals surface area contributed by atoms with Crippen LogP contribution in [0, 0.1) is 0 Å². The molecular weight excluding hydrogens is 210 g/mol. The molecule has 0 aromatic rings. The number of nitrogens with two attached hydrogens (primary N) is 1. The van der Waals surface area contributed by atoms with Gasteiger partial charge in [0.05, 0.1) is 6.61 Å². The molecule has 0 spiro atoms. The van der Waals surface area contributed by atoms with Gasteiger partial charge in [0.1, 0.15) is 6.10 Å². The summed E-state index contributed by atoms with van der Waals surface area (Å²) < 4.78 is 8.71. The van der Waals surface area contributed by atoms with E-state index >= 15 is 0 Å². The maximum atomic E-state index is 10.8. The smallest absolute Gasteiger partial charge is 0.409 e. The van der Waals surface area contributed by atoms with Crippen LogP contribution in [0.4, 0.5) is 4.79 Å². The molecule has 1 aliphatic heterocycles. The SMILES string of the molecule is NC(=O)OC1=C(O)C(=O)O[C@@H]1[C@H](O)CO. The van der Waals surface area contributed by atoms with Crippen LogP contribution in [0.2, 0.25) is 0 Å². The summed E-state index contributed by atoms with van der Waals surface area (Å²) in [7, 11) is 0. The monoisotopic (exact) mass is 219 g/mol. The topological polar surface area (TPSA) is 139 Å². The van der Waals surface area contributed by atoms with Crippen LogP contribution in [-0.4, -0.2) is 46.2 Å². The van der Waals surface area contributed by atoms with Crippen LogP contribution in [0.3, 0.4) is 0 Å². The predicted octanol–water partition coefficient (Wildman–Crippen LogP) is -1.87. The average Bonchev–Trinajstić information content (AvgIpc) is 2.44. The molecule has 1 rings (SSSR count). The summed E-state index contributed by atoms with van der Waals surface area (Å²) in [5.74, 6) is -2.72. The number of ether oxygens (including phenoxy) is 2. The number of hydrogen-bond donors (Lipinski definition) is 4. The molecule has 8 heteroatoms. The van der Waals surface area contributed by atoms with Crippen molar-refractivity contribution in [2.75, 3.05) is 6.61 Å². The number of hydrogen-bond acceptors (Lipinski definition) is 7. The van der Waals surface area contributed by atoms with Crippen molar-refractivity contribution in [2.45, 2.75) is 12.2 Å². The number of carbonyl (C=O) groups is 2. The molecule has 0 aliphatic carbocycles. The molecule has 2 atom stereocenters. The van der Waals surface area contributed by atoms with Crippen molar-refractivity contribution in [1.29, 1.82) is 0 Å². The normalized spacial score (nSPS) is 22.5. The first-order valence-corrected chi connectivity index (χ1v) is 3.87. The fraction of sp³-hybridized carbons (Fsp3) is 0.429. The molecule has 1 aliphatic rings. The Morgan fingerprint density at radius 2 is 2.27 bits per heavy atom. The summed E-state index contributed by atoms with van der Waals surface area (Å²) in [6.07, 6.45) is -4.21. The molecule has 0 aromatic carbocycles. The summed E-state index contributed by atoms with van der Waals surface area (Å²) in [6.45, 7) is -0.739. The molecular formula is C7H9NO7. The Kier molecular flexibility index (Phi) is 3.12. The Labute approximate surface area is 83.5 Å². The van der Waals surface area contributed by atoms with Crippen LogP contribution in [0.1, 0.15) is 0 Å². The largest absolute Gasteiger partial charge is 0.499 e. The van der Waals surface area contributed by atoms with E-state index < -0.39 is 42.4 Å². The Hall–Kier alpha value is -1.80. The molecule has 0 saturated heterocycles. The van der Waals surface area contributed by atoms with Gasteiger partial charge in [0.2, 0.25) is 11.5 Å². The molecule has 0 unspecified atom stereocenters. The van der Waals surface area contributed by atoms with Gasteiger partial charge >= 0.3 is 12.1 Å². The van der Waals surface area contributed by atoms with Gasteiger partial charge in [0.25, 0.3) is 0 Å². The predicted molar refractivity (Wildman–Crippen MR) is 43.3 cm³/mol. The summed E-state index contributed by atoms with van der Waals surface area (Å²) in [5.41, 5.74) is 4.67. The molecule has 5 N–H and O–H groups in total. The third-order valence-electron chi connectivity index (χ3n) is 1.67. The zero-order chi connectivity index (χ0) is 11.6. The zero-order valence-electron chi connectivity index (χ0n) is 7.41. The number of primary amides is 1. The number of carbonyl (C=O) groups excluding carboxylic acids is 2. The van der Waals surface area contributed by atoms with Crippen molar-refractivity contribution < 1.29 is 34.4 Å². The lowest BCUT2D eigenvalue weighted by molar-refractivity contribution is -0.147. The van der Waals surface area contributed by atoms with Crippen molar-refractivity contribution in [3.05, 3.63) is 11.5 Å². The molecule has 8 nitrogen and oxygen atoms in total. The third-order valence-corrected chi connectivity index (χ3v) is 1.67. The van der Waals surface area contributed by atoms with E-state index in [1.54, 1.807) is 0 Å². The minimum Gasteiger partial charge on any atom is -0.499 e. The quantitative estimate of drug-likeness (QED) is 0.407. The van der Waals surface area contributed by atoms with E-state index in [1.807, 2.05) is 0 Å². The molecule has 0 aromatic heterocycles. The van der Waals surface area contributed by atoms with Crippen LogP contribution in [0.25, 0.3) is 0 Å². The van der Waals surface area contributed by atoms with E-state index in [4.69, 9.17) is 10.2 Å². The first kappa shape index (κ1) is 11.3. The third kappa shape index (κ3) is 2.17. The van der Waals surface area contributed by atoms with E-state index in [0.717, 1.165) is 0 Å². The molecule has 84 valence electrons. The van der Waals surface area contributed by atoms with Gasteiger partial charge in [0.15, 0.2) is 6.10 Å². The lowest BCUT2D eigenvalue weighted by Gasteiger charge is -2.16. The fourth-order valence-electron chi connectivity index (χ4n) is 1.02. The van der Waals surface area contributed by atoms with Gasteiger partial charge in [-0.25, -0.2) is 9.59 Å². The van der Waals surface area contributed by atoms with Gasteiger partial charge in [-0.1, -0.05) is 0 Å². The Bertz CT molecular complexity index is 323. The average molecular weight is 219 g/mol. The molecule has 1 heterocycles. The van der Waals surface area contributed by atoms with E-state index in [1.165, 1.54) is 0 Å². The highest BCUT2D eigenvalue weighted by Gasteiger charge is 2.41. The molecule has 0 fully saturated rings. The van der Waals surface area contributed by atoms with E-state index in [9.17, 15) is 14.7 Å². The van der Waals surface area contributed by atoms with Gasteiger partial charge in [-0.3, -0.25) is 0 Å². The number of cyclic esters (lactones) is 1. The van der Waals surface area contributed by atoms with Crippen LogP contribution in [0.5, 0.6) is 0 Å². The van der Waals surface area contributed by atoms with Crippen molar-refractivity contribution >= 4 is 12.1 Å². The lowest BCUT2D eigenvalue weighted by Crippen LogP contribution is -2.33. The second kappa shape index (κ2) is 4.15. The standard InChI is InChI=1S/C7H9NO7/c8-7(13)15-5-3(11)6(12)14-4(5)2(10)1-9/h2,4,9-11H,1H2,(H2,8,13)/t2-,4-/m1/s1. The van der Waals surface area contributed by atoms with Crippen LogP contribution in [0.15, 0.2) is 11.5 Å². The summed E-state index contributed by atoms with van der Waals surface area (Å²) in [5, 5.41) is 26.9. The van der Waals surface area contributed by atoms with Crippen molar-refractivity contribution in [3.63, 3.8) is 0 Å². The zero-order valence-corrected chi connectivity index (χ0v) is 7.41. The number of esters is 1.